The van der Waals surface area contributed by atoms with E-state index in [0.29, 0.717) is 17.4 Å². The van der Waals surface area contributed by atoms with Crippen LogP contribution in [0.15, 0.2) is 6.20 Å². The Bertz CT molecular complexity index is 802. The number of hydrogen-bond acceptors (Lipinski definition) is 4. The number of carbonyl (C=O) groups excluding carboxylic acids is 2. The van der Waals surface area contributed by atoms with Crippen molar-refractivity contribution >= 4 is 17.6 Å². The Kier molecular flexibility index (Phi) is 4.03. The second-order valence-electron chi connectivity index (χ2n) is 6.82. The van der Waals surface area contributed by atoms with Gasteiger partial charge in [0.1, 0.15) is 5.69 Å². The number of nitrogens with zero attached hydrogens (tertiary/aromatic N) is 2. The predicted octanol–water partition coefficient (Wildman–Crippen LogP) is 2.01. The molecule has 4 N–H and O–H groups in total. The lowest BCUT2D eigenvalue weighted by Crippen LogP contribution is -2.27. The van der Waals surface area contributed by atoms with Gasteiger partial charge in [0, 0.05) is 42.1 Å². The molecule has 0 bridgehead atoms. The number of H-pyrrole nitrogens is 2. The van der Waals surface area contributed by atoms with Crippen molar-refractivity contribution in [3.8, 4) is 0 Å². The third-order valence-corrected chi connectivity index (χ3v) is 5.34. The number of fused-ring (bicyclic) bond motifs is 1. The molecule has 2 amide bonds. The van der Waals surface area contributed by atoms with E-state index < -0.39 is 0 Å². The fourth-order valence-corrected chi connectivity index (χ4v) is 4.12. The molecule has 1 saturated carbocycles. The lowest BCUT2D eigenvalue weighted by atomic mass is 9.79. The molecular weight excluding hydrogens is 320 g/mol. The van der Waals surface area contributed by atoms with E-state index in [9.17, 15) is 9.59 Å². The highest BCUT2D eigenvalue weighted by atomic mass is 16.2. The van der Waals surface area contributed by atoms with Gasteiger partial charge in [0.25, 0.3) is 5.91 Å². The summed E-state index contributed by atoms with van der Waals surface area (Å²) in [6, 6.07) is 0. The summed E-state index contributed by atoms with van der Waals surface area (Å²) in [6.45, 7) is 0. The maximum atomic E-state index is 12.2. The molecule has 2 aromatic heterocycles. The molecule has 132 valence electrons. The van der Waals surface area contributed by atoms with E-state index in [0.717, 1.165) is 29.7 Å². The van der Waals surface area contributed by atoms with E-state index >= 15 is 0 Å². The number of anilines is 1. The number of aromatic amines is 2. The summed E-state index contributed by atoms with van der Waals surface area (Å²) in [5.74, 6) is 0.331. The molecule has 25 heavy (non-hydrogen) atoms. The third kappa shape index (κ3) is 2.71. The minimum atomic E-state index is -0.238. The van der Waals surface area contributed by atoms with Gasteiger partial charge in [0.05, 0.1) is 6.20 Å². The van der Waals surface area contributed by atoms with Crippen LogP contribution in [0.5, 0.6) is 0 Å². The third-order valence-electron chi connectivity index (χ3n) is 5.34. The van der Waals surface area contributed by atoms with Crippen LogP contribution in [0.2, 0.25) is 0 Å². The van der Waals surface area contributed by atoms with Crippen molar-refractivity contribution in [3.63, 3.8) is 0 Å². The Labute approximate surface area is 145 Å². The smallest absolute Gasteiger partial charge is 0.269 e. The number of aromatic nitrogens is 4. The molecule has 0 spiro atoms. The van der Waals surface area contributed by atoms with Crippen molar-refractivity contribution in [2.24, 2.45) is 0 Å². The van der Waals surface area contributed by atoms with Gasteiger partial charge in [-0.15, -0.1) is 0 Å². The molecule has 2 aromatic rings. The average Bonchev–Trinajstić information content (AvgIpc) is 3.28. The Morgan fingerprint density at radius 1 is 1.24 bits per heavy atom. The second-order valence-corrected chi connectivity index (χ2v) is 6.82. The van der Waals surface area contributed by atoms with Gasteiger partial charge in [0.2, 0.25) is 5.91 Å². The van der Waals surface area contributed by atoms with Gasteiger partial charge in [-0.3, -0.25) is 19.8 Å². The van der Waals surface area contributed by atoms with Crippen LogP contribution < -0.4 is 10.6 Å². The number of rotatable bonds is 3. The molecular formula is C17H22N6O2. The number of amides is 2. The number of nitrogens with one attached hydrogen (secondary N) is 4. The first-order valence-corrected chi connectivity index (χ1v) is 8.82. The quantitative estimate of drug-likeness (QED) is 0.683. The van der Waals surface area contributed by atoms with E-state index in [4.69, 9.17) is 0 Å². The summed E-state index contributed by atoms with van der Waals surface area (Å²) >= 11 is 0. The molecule has 1 atom stereocenters. The maximum absolute atomic E-state index is 12.2. The largest absolute Gasteiger partial charge is 0.354 e. The monoisotopic (exact) mass is 342 g/mol. The lowest BCUT2D eigenvalue weighted by Gasteiger charge is -2.26. The fraction of sp³-hybridized carbons (Fsp3) is 0.529. The van der Waals surface area contributed by atoms with E-state index in [1.54, 1.807) is 13.2 Å². The molecule has 0 aromatic carbocycles. The Morgan fingerprint density at radius 2 is 2.04 bits per heavy atom. The maximum Gasteiger partial charge on any atom is 0.269 e. The molecule has 8 nitrogen and oxygen atoms in total. The van der Waals surface area contributed by atoms with Gasteiger partial charge in [-0.1, -0.05) is 19.3 Å². The first kappa shape index (κ1) is 15.9. The van der Waals surface area contributed by atoms with E-state index in [1.165, 1.54) is 19.3 Å². The molecule has 1 fully saturated rings. The Morgan fingerprint density at radius 3 is 2.80 bits per heavy atom. The van der Waals surface area contributed by atoms with Gasteiger partial charge >= 0.3 is 0 Å². The van der Waals surface area contributed by atoms with Crippen molar-refractivity contribution < 1.29 is 9.59 Å². The van der Waals surface area contributed by atoms with Crippen LogP contribution >= 0.6 is 0 Å². The standard InChI is InChI=1S/C17H22N6O2/c1-18-17(25)15-13-10(7-12(24)20-16(13)23-22-15)11-8-19-21-14(11)9-5-3-2-4-6-9/h8-10H,2-7H2,1H3,(H,18,25)(H,19,21)(H2,20,22,23,24)/t10-/m0/s1. The predicted molar refractivity (Wildman–Crippen MR) is 91.5 cm³/mol. The van der Waals surface area contributed by atoms with Crippen LogP contribution in [0.1, 0.15) is 77.7 Å². The van der Waals surface area contributed by atoms with Crippen molar-refractivity contribution in [2.75, 3.05) is 12.4 Å². The average molecular weight is 342 g/mol. The van der Waals surface area contributed by atoms with Gasteiger partial charge in [-0.25, -0.2) is 0 Å². The summed E-state index contributed by atoms with van der Waals surface area (Å²) in [7, 11) is 1.58. The topological polar surface area (TPSA) is 116 Å². The van der Waals surface area contributed by atoms with Gasteiger partial charge in [-0.05, 0) is 12.8 Å². The highest BCUT2D eigenvalue weighted by molar-refractivity contribution is 6.00. The fourth-order valence-electron chi connectivity index (χ4n) is 4.12. The molecule has 2 aliphatic rings. The van der Waals surface area contributed by atoms with Crippen LogP contribution in [-0.2, 0) is 4.79 Å². The highest BCUT2D eigenvalue weighted by Crippen LogP contribution is 2.42. The van der Waals surface area contributed by atoms with Crippen molar-refractivity contribution in [1.82, 2.24) is 25.7 Å². The van der Waals surface area contributed by atoms with Crippen LogP contribution in [0.3, 0.4) is 0 Å². The van der Waals surface area contributed by atoms with Crippen molar-refractivity contribution in [3.05, 3.63) is 28.7 Å². The highest BCUT2D eigenvalue weighted by Gasteiger charge is 2.36. The summed E-state index contributed by atoms with van der Waals surface area (Å²) in [5.41, 5.74) is 3.26. The van der Waals surface area contributed by atoms with E-state index in [2.05, 4.69) is 31.0 Å². The molecule has 0 radical (unpaired) electrons. The minimum Gasteiger partial charge on any atom is -0.354 e. The summed E-state index contributed by atoms with van der Waals surface area (Å²) in [5, 5.41) is 19.7. The molecule has 0 saturated heterocycles. The summed E-state index contributed by atoms with van der Waals surface area (Å²) in [6.07, 6.45) is 8.07. The molecule has 1 aliphatic heterocycles. The van der Waals surface area contributed by atoms with E-state index in [1.807, 2.05) is 0 Å². The van der Waals surface area contributed by atoms with E-state index in [-0.39, 0.29) is 24.2 Å². The minimum absolute atomic E-state index is 0.0942. The summed E-state index contributed by atoms with van der Waals surface area (Å²) < 4.78 is 0. The lowest BCUT2D eigenvalue weighted by molar-refractivity contribution is -0.116. The van der Waals surface area contributed by atoms with Crippen LogP contribution in [0, 0.1) is 0 Å². The van der Waals surface area contributed by atoms with Gasteiger partial charge < -0.3 is 10.6 Å². The van der Waals surface area contributed by atoms with Gasteiger partial charge in [-0.2, -0.15) is 10.2 Å². The van der Waals surface area contributed by atoms with Crippen LogP contribution in [0.4, 0.5) is 5.82 Å². The molecule has 3 heterocycles. The zero-order valence-electron chi connectivity index (χ0n) is 14.2. The summed E-state index contributed by atoms with van der Waals surface area (Å²) in [4.78, 5) is 24.4. The van der Waals surface area contributed by atoms with Crippen LogP contribution in [-0.4, -0.2) is 39.3 Å². The van der Waals surface area contributed by atoms with Crippen molar-refractivity contribution in [2.45, 2.75) is 50.4 Å². The molecule has 0 unspecified atom stereocenters. The SMILES string of the molecule is CNC(=O)c1[nH]nc2c1[C@H](c1cn[nH]c1C1CCCCC1)CC(=O)N2. The zero-order chi connectivity index (χ0) is 17.4. The number of hydrogen-bond donors (Lipinski definition) is 4. The normalized spacial score (nSPS) is 20.8. The first-order valence-electron chi connectivity index (χ1n) is 8.82. The Hall–Kier alpha value is -2.64. The Balaban J connectivity index is 1.77. The molecule has 4 rings (SSSR count). The second kappa shape index (κ2) is 6.34. The van der Waals surface area contributed by atoms with Gasteiger partial charge in [0.15, 0.2) is 5.82 Å². The van der Waals surface area contributed by atoms with Crippen molar-refractivity contribution in [1.29, 1.82) is 0 Å². The zero-order valence-corrected chi connectivity index (χ0v) is 14.2. The van der Waals surface area contributed by atoms with Crippen LogP contribution in [0.25, 0.3) is 0 Å². The molecule has 8 heteroatoms. The number of carbonyl (C=O) groups is 2. The molecule has 1 aliphatic carbocycles. The first-order chi connectivity index (χ1) is 12.2.